The van der Waals surface area contributed by atoms with E-state index in [-0.39, 0.29) is 59.4 Å². The Hall–Kier alpha value is -3.90. The molecule has 2 unspecified atom stereocenters. The van der Waals surface area contributed by atoms with Crippen molar-refractivity contribution in [3.05, 3.63) is 66.1 Å². The smallest absolute Gasteiger partial charge is 0.267 e. The molecule has 4 aliphatic rings. The molecule has 5 heterocycles. The van der Waals surface area contributed by atoms with Crippen molar-refractivity contribution in [3.63, 3.8) is 0 Å². The van der Waals surface area contributed by atoms with Gasteiger partial charge in [0.2, 0.25) is 5.95 Å². The van der Waals surface area contributed by atoms with Crippen LogP contribution in [0.2, 0.25) is 0 Å². The van der Waals surface area contributed by atoms with Gasteiger partial charge in [0, 0.05) is 42.7 Å². The van der Waals surface area contributed by atoms with Gasteiger partial charge in [0.15, 0.2) is 25.7 Å². The van der Waals surface area contributed by atoms with E-state index in [1.165, 1.54) is 18.3 Å². The molecule has 5 atom stereocenters. The number of benzene rings is 2. The Kier molecular flexibility index (Phi) is 7.46. The van der Waals surface area contributed by atoms with Crippen LogP contribution in [0.5, 0.6) is 0 Å². The van der Waals surface area contributed by atoms with E-state index in [2.05, 4.69) is 15.3 Å². The van der Waals surface area contributed by atoms with E-state index in [4.69, 9.17) is 4.98 Å². The Balaban J connectivity index is 1.18. The van der Waals surface area contributed by atoms with Crippen LogP contribution in [0.4, 0.5) is 38.7 Å². The summed E-state index contributed by atoms with van der Waals surface area (Å²) >= 11 is 1.12. The number of hydrogen-bond donors (Lipinski definition) is 2. The van der Waals surface area contributed by atoms with Crippen LogP contribution >= 0.6 is 11.3 Å². The molecule has 1 saturated carbocycles. The highest BCUT2D eigenvalue weighted by Gasteiger charge is 2.59. The third-order valence-electron chi connectivity index (χ3n) is 9.62. The summed E-state index contributed by atoms with van der Waals surface area (Å²) in [6.07, 6.45) is 1.82. The number of thiazole rings is 1. The zero-order valence-corrected chi connectivity index (χ0v) is 27.7. The highest BCUT2D eigenvalue weighted by molar-refractivity contribution is 7.92. The molecule has 18 heteroatoms. The summed E-state index contributed by atoms with van der Waals surface area (Å²) in [5, 5.41) is 3.55. The van der Waals surface area contributed by atoms with Crippen molar-refractivity contribution in [2.75, 3.05) is 26.4 Å². The second-order valence-electron chi connectivity index (χ2n) is 12.9. The van der Waals surface area contributed by atoms with Gasteiger partial charge in [-0.2, -0.15) is 0 Å². The third kappa shape index (κ3) is 5.80. The molecule has 2 N–H and O–H groups in total. The maximum absolute atomic E-state index is 16.3. The average molecular weight is 739 g/mol. The summed E-state index contributed by atoms with van der Waals surface area (Å²) in [7, 11) is -7.99. The standard InChI is InChI=1S/C31H27F5N6O4S3/c32-20-4-2-5-21(33)28(20)49(45,46)41-22-6-1-3-17(24(22)34)26-27(47-30(40-26)42-15-7-8-16(42)12-31(35,36)11-15)23-9-10-37-29(38-23)39-25-18-13-48(43,44)14-19(18)25/h1-6,9-10,15-16,18-19,25,41H,7-8,11-14H2,(H,37,38,39)/t15?,16?,18-,19+,25+. The number of aromatic nitrogens is 3. The molecule has 4 fully saturated rings. The van der Waals surface area contributed by atoms with Gasteiger partial charge in [0.05, 0.1) is 33.5 Å². The summed E-state index contributed by atoms with van der Waals surface area (Å²) in [6.45, 7) is 0. The van der Waals surface area contributed by atoms with Crippen LogP contribution in [0.3, 0.4) is 0 Å². The van der Waals surface area contributed by atoms with E-state index in [0.717, 1.165) is 35.6 Å². The lowest BCUT2D eigenvalue weighted by molar-refractivity contribution is -0.0357. The number of nitrogens with one attached hydrogen (secondary N) is 2. The Morgan fingerprint density at radius 2 is 1.57 bits per heavy atom. The zero-order chi connectivity index (χ0) is 34.5. The second-order valence-corrected chi connectivity index (χ2v) is 17.6. The third-order valence-corrected chi connectivity index (χ3v) is 13.9. The minimum atomic E-state index is -4.92. The number of anilines is 3. The van der Waals surface area contributed by atoms with Crippen molar-refractivity contribution in [2.24, 2.45) is 11.8 Å². The monoisotopic (exact) mass is 738 g/mol. The topological polar surface area (TPSA) is 134 Å². The SMILES string of the molecule is O=S1(=O)C[C@@H]2[C@H](C1)[C@H]2Nc1nccc(-c2sc(N3C4CCC3CC(F)(F)C4)nc2-c2cccc(NS(=O)(=O)c3c(F)cccc3F)c2F)n1. The predicted molar refractivity (Wildman–Crippen MR) is 172 cm³/mol. The van der Waals surface area contributed by atoms with Gasteiger partial charge in [-0.25, -0.2) is 53.7 Å². The molecule has 0 spiro atoms. The Morgan fingerprint density at radius 1 is 0.918 bits per heavy atom. The average Bonchev–Trinajstić information content (AvgIpc) is 3.32. The summed E-state index contributed by atoms with van der Waals surface area (Å²) in [4.78, 5) is 14.5. The molecule has 2 aromatic carbocycles. The molecule has 1 aliphatic carbocycles. The molecule has 10 nitrogen and oxygen atoms in total. The normalized spacial score (nSPS) is 26.4. The first-order chi connectivity index (χ1) is 23.2. The Bertz CT molecular complexity index is 2170. The summed E-state index contributed by atoms with van der Waals surface area (Å²) in [5.41, 5.74) is -0.412. The van der Waals surface area contributed by atoms with Crippen LogP contribution in [0.15, 0.2) is 53.6 Å². The van der Waals surface area contributed by atoms with Gasteiger partial charge in [0.25, 0.3) is 15.9 Å². The van der Waals surface area contributed by atoms with Gasteiger partial charge < -0.3 is 10.2 Å². The number of sulfonamides is 1. The van der Waals surface area contributed by atoms with Crippen molar-refractivity contribution in [1.82, 2.24) is 15.0 Å². The number of nitrogens with zero attached hydrogens (tertiary/aromatic N) is 4. The van der Waals surface area contributed by atoms with E-state index in [0.29, 0.717) is 28.5 Å². The molecule has 2 aromatic heterocycles. The molecule has 3 aliphatic heterocycles. The molecular weight excluding hydrogens is 712 g/mol. The quantitative estimate of drug-likeness (QED) is 0.218. The predicted octanol–water partition coefficient (Wildman–Crippen LogP) is 5.71. The molecule has 4 aromatic rings. The van der Waals surface area contributed by atoms with E-state index in [1.54, 1.807) is 6.07 Å². The second kappa shape index (κ2) is 11.3. The van der Waals surface area contributed by atoms with Crippen molar-refractivity contribution in [3.8, 4) is 21.8 Å². The van der Waals surface area contributed by atoms with Gasteiger partial charge in [-0.15, -0.1) is 0 Å². The number of fused-ring (bicyclic) bond motifs is 3. The summed E-state index contributed by atoms with van der Waals surface area (Å²) in [5.74, 6) is -6.36. The highest BCUT2D eigenvalue weighted by atomic mass is 32.2. The van der Waals surface area contributed by atoms with E-state index < -0.39 is 65.9 Å². The number of piperidine rings is 1. The number of hydrogen-bond acceptors (Lipinski definition) is 10. The van der Waals surface area contributed by atoms with Crippen LogP contribution in [0.1, 0.15) is 25.7 Å². The largest absolute Gasteiger partial charge is 0.351 e. The summed E-state index contributed by atoms with van der Waals surface area (Å²) < 4.78 is 126. The fraction of sp³-hybridized carbons (Fsp3) is 0.387. The van der Waals surface area contributed by atoms with Crippen molar-refractivity contribution in [2.45, 2.75) is 54.6 Å². The van der Waals surface area contributed by atoms with Crippen LogP contribution in [0, 0.1) is 29.3 Å². The Morgan fingerprint density at radius 3 is 2.24 bits per heavy atom. The first-order valence-electron chi connectivity index (χ1n) is 15.4. The van der Waals surface area contributed by atoms with E-state index in [1.807, 2.05) is 9.62 Å². The van der Waals surface area contributed by atoms with E-state index >= 15 is 4.39 Å². The van der Waals surface area contributed by atoms with Crippen LogP contribution in [-0.4, -0.2) is 67.3 Å². The lowest BCUT2D eigenvalue weighted by Gasteiger charge is -2.38. The van der Waals surface area contributed by atoms with Gasteiger partial charge in [-0.05, 0) is 55.0 Å². The molecule has 258 valence electrons. The highest BCUT2D eigenvalue weighted by Crippen LogP contribution is 2.51. The van der Waals surface area contributed by atoms with Gasteiger partial charge in [0.1, 0.15) is 11.6 Å². The Labute approximate surface area is 281 Å². The molecule has 49 heavy (non-hydrogen) atoms. The van der Waals surface area contributed by atoms with Crippen LogP contribution in [-0.2, 0) is 19.9 Å². The first kappa shape index (κ1) is 32.3. The van der Waals surface area contributed by atoms with E-state index in [9.17, 15) is 34.4 Å². The minimum absolute atomic E-state index is 0.0472. The minimum Gasteiger partial charge on any atom is -0.351 e. The molecule has 2 bridgehead atoms. The number of alkyl halides is 2. The van der Waals surface area contributed by atoms with Crippen molar-refractivity contribution >= 4 is 48.0 Å². The maximum atomic E-state index is 16.3. The van der Waals surface area contributed by atoms with Crippen molar-refractivity contribution in [1.29, 1.82) is 0 Å². The molecule has 8 rings (SSSR count). The number of halogens is 5. The van der Waals surface area contributed by atoms with Crippen LogP contribution in [0.25, 0.3) is 21.8 Å². The number of sulfone groups is 1. The zero-order valence-electron chi connectivity index (χ0n) is 25.3. The molecule has 0 amide bonds. The fourth-order valence-electron chi connectivity index (χ4n) is 7.42. The van der Waals surface area contributed by atoms with Gasteiger partial charge in [-0.1, -0.05) is 23.5 Å². The summed E-state index contributed by atoms with van der Waals surface area (Å²) in [6, 6.07) is 6.76. The number of rotatable bonds is 8. The molecule has 0 radical (unpaired) electrons. The van der Waals surface area contributed by atoms with Crippen molar-refractivity contribution < 1.29 is 38.8 Å². The van der Waals surface area contributed by atoms with Crippen LogP contribution < -0.4 is 14.9 Å². The molecular formula is C31H27F5N6O4S3. The first-order valence-corrected chi connectivity index (χ1v) is 19.5. The van der Waals surface area contributed by atoms with Gasteiger partial charge >= 0.3 is 0 Å². The lowest BCUT2D eigenvalue weighted by atomic mass is 9.99. The molecule has 3 saturated heterocycles. The van der Waals surface area contributed by atoms with Gasteiger partial charge in [-0.3, -0.25) is 4.72 Å². The lowest BCUT2D eigenvalue weighted by Crippen LogP contribution is -2.47. The fourth-order valence-corrected chi connectivity index (χ4v) is 12.0. The maximum Gasteiger partial charge on any atom is 0.267 e.